The van der Waals surface area contributed by atoms with E-state index in [0.29, 0.717) is 11.6 Å². The number of rotatable bonds is 2. The minimum Gasteiger partial charge on any atom is -0.302 e. The lowest BCUT2D eigenvalue weighted by atomic mass is 10.9. The highest BCUT2D eigenvalue weighted by Gasteiger charge is 1.55. The van der Waals surface area contributed by atoms with Crippen molar-refractivity contribution in [2.75, 3.05) is 11.2 Å². The van der Waals surface area contributed by atoms with Gasteiger partial charge in [0.05, 0.1) is 11.2 Å². The van der Waals surface area contributed by atoms with E-state index in [1.165, 1.54) is 0 Å². The second-order valence-electron chi connectivity index (χ2n) is 0.642. The van der Waals surface area contributed by atoms with Gasteiger partial charge < -0.3 is 9.59 Å². The highest BCUT2D eigenvalue weighted by molar-refractivity contribution is 9.09. The van der Waals surface area contributed by atoms with Gasteiger partial charge in [-0.05, 0) is 0 Å². The fourth-order valence-corrected chi connectivity index (χ4v) is 0. The molecule has 2 nitrogen and oxygen atoms in total. The Morgan fingerprint density at radius 1 is 1.38 bits per heavy atom. The van der Waals surface area contributed by atoms with E-state index in [1.54, 1.807) is 0 Å². The van der Waals surface area contributed by atoms with Crippen LogP contribution in [0, 0.1) is 0 Å². The SMILES string of the molecule is O=CCBr.O=CCCl. The first-order chi connectivity index (χ1) is 3.83. The monoisotopic (exact) mass is 200 g/mol. The van der Waals surface area contributed by atoms with Crippen LogP contribution in [0.5, 0.6) is 0 Å². The Hall–Kier alpha value is 0.110. The van der Waals surface area contributed by atoms with Gasteiger partial charge in [0, 0.05) is 0 Å². The molecule has 0 aliphatic rings. The Morgan fingerprint density at radius 3 is 1.62 bits per heavy atom. The molecule has 0 unspecified atom stereocenters. The van der Waals surface area contributed by atoms with Crippen molar-refractivity contribution >= 4 is 40.1 Å². The third-order valence-electron chi connectivity index (χ3n) is 0.126. The van der Waals surface area contributed by atoms with Gasteiger partial charge in [-0.3, -0.25) is 0 Å². The van der Waals surface area contributed by atoms with Crippen LogP contribution in [0.15, 0.2) is 0 Å². The lowest BCUT2D eigenvalue weighted by molar-refractivity contribution is -0.106. The minimum atomic E-state index is 0.111. The maximum atomic E-state index is 9.13. The van der Waals surface area contributed by atoms with Gasteiger partial charge in [0.2, 0.25) is 0 Å². The van der Waals surface area contributed by atoms with E-state index in [-0.39, 0.29) is 5.88 Å². The van der Waals surface area contributed by atoms with E-state index < -0.39 is 0 Å². The molecule has 0 heterocycles. The first-order valence-corrected chi connectivity index (χ1v) is 3.48. The summed E-state index contributed by atoms with van der Waals surface area (Å²) in [7, 11) is 0. The number of carbonyl (C=O) groups is 2. The van der Waals surface area contributed by atoms with E-state index in [1.807, 2.05) is 0 Å². The third-order valence-corrected chi connectivity index (χ3v) is 0.516. The fourth-order valence-electron chi connectivity index (χ4n) is 0. The van der Waals surface area contributed by atoms with Crippen molar-refractivity contribution < 1.29 is 9.59 Å². The summed E-state index contributed by atoms with van der Waals surface area (Å²) in [4.78, 5) is 18.2. The largest absolute Gasteiger partial charge is 0.302 e. The Kier molecular flexibility index (Phi) is 21.6. The maximum absolute atomic E-state index is 9.13. The average Bonchev–Trinajstić information content (AvgIpc) is 1.88. The van der Waals surface area contributed by atoms with Crippen LogP contribution in [0.2, 0.25) is 0 Å². The molecule has 0 aromatic rings. The van der Waals surface area contributed by atoms with Gasteiger partial charge in [-0.1, -0.05) is 15.9 Å². The zero-order valence-corrected chi connectivity index (χ0v) is 6.48. The molecule has 0 spiro atoms. The topological polar surface area (TPSA) is 34.1 Å². The van der Waals surface area contributed by atoms with Crippen molar-refractivity contribution in [1.82, 2.24) is 0 Å². The average molecular weight is 201 g/mol. The summed E-state index contributed by atoms with van der Waals surface area (Å²) in [5, 5.41) is 0.451. The zero-order valence-electron chi connectivity index (χ0n) is 4.14. The second kappa shape index (κ2) is 15.7. The summed E-state index contributed by atoms with van der Waals surface area (Å²) >= 11 is 7.70. The predicted octanol–water partition coefficient (Wildman–Crippen LogP) is 1.00. The Morgan fingerprint density at radius 2 is 1.62 bits per heavy atom. The molecular formula is C4H6BrClO2. The van der Waals surface area contributed by atoms with Crippen LogP contribution in [0.3, 0.4) is 0 Å². The molecule has 8 heavy (non-hydrogen) atoms. The van der Waals surface area contributed by atoms with Crippen molar-refractivity contribution in [3.05, 3.63) is 0 Å². The fraction of sp³-hybridized carbons (Fsp3) is 0.500. The van der Waals surface area contributed by atoms with Crippen LogP contribution < -0.4 is 0 Å². The number of alkyl halides is 2. The molecular weight excluding hydrogens is 195 g/mol. The van der Waals surface area contributed by atoms with Gasteiger partial charge in [0.25, 0.3) is 0 Å². The molecule has 0 aliphatic carbocycles. The van der Waals surface area contributed by atoms with E-state index in [9.17, 15) is 0 Å². The van der Waals surface area contributed by atoms with E-state index in [2.05, 4.69) is 15.9 Å². The number of hydrogen-bond donors (Lipinski definition) is 0. The van der Waals surface area contributed by atoms with Gasteiger partial charge >= 0.3 is 0 Å². The van der Waals surface area contributed by atoms with E-state index in [0.717, 1.165) is 6.29 Å². The van der Waals surface area contributed by atoms with Gasteiger partial charge in [-0.2, -0.15) is 0 Å². The van der Waals surface area contributed by atoms with Crippen LogP contribution >= 0.6 is 27.5 Å². The van der Waals surface area contributed by atoms with E-state index >= 15 is 0 Å². The van der Waals surface area contributed by atoms with Crippen LogP contribution in [-0.4, -0.2) is 23.8 Å². The van der Waals surface area contributed by atoms with Crippen molar-refractivity contribution in [2.45, 2.75) is 0 Å². The molecule has 0 atom stereocenters. The maximum Gasteiger partial charge on any atom is 0.134 e. The third kappa shape index (κ3) is 35.8. The van der Waals surface area contributed by atoms with Gasteiger partial charge in [-0.25, -0.2) is 0 Å². The molecule has 48 valence electrons. The minimum absolute atomic E-state index is 0.111. The van der Waals surface area contributed by atoms with Crippen molar-refractivity contribution in [2.24, 2.45) is 0 Å². The van der Waals surface area contributed by atoms with Gasteiger partial charge in [0.15, 0.2) is 0 Å². The molecule has 0 aliphatic heterocycles. The molecule has 0 aromatic heterocycles. The Balaban J connectivity index is 0. The van der Waals surface area contributed by atoms with Crippen LogP contribution in [-0.2, 0) is 9.59 Å². The van der Waals surface area contributed by atoms with Gasteiger partial charge in [0.1, 0.15) is 12.6 Å². The summed E-state index contributed by atoms with van der Waals surface area (Å²) in [5.74, 6) is 0.111. The molecule has 0 amide bonds. The summed E-state index contributed by atoms with van der Waals surface area (Å²) in [6.07, 6.45) is 1.43. The van der Waals surface area contributed by atoms with Crippen molar-refractivity contribution in [1.29, 1.82) is 0 Å². The molecule has 0 saturated heterocycles. The number of halogens is 2. The first-order valence-electron chi connectivity index (χ1n) is 1.82. The van der Waals surface area contributed by atoms with E-state index in [4.69, 9.17) is 21.2 Å². The molecule has 0 rings (SSSR count). The molecule has 0 radical (unpaired) electrons. The van der Waals surface area contributed by atoms with Crippen LogP contribution in [0.25, 0.3) is 0 Å². The zero-order chi connectivity index (χ0) is 6.83. The summed E-state index contributed by atoms with van der Waals surface area (Å²) < 4.78 is 0. The number of hydrogen-bond acceptors (Lipinski definition) is 2. The Labute approximate surface area is 61.3 Å². The molecule has 0 bridgehead atoms. The normalized spacial score (nSPS) is 6.25. The molecule has 0 fully saturated rings. The molecule has 0 aromatic carbocycles. The van der Waals surface area contributed by atoms with Crippen molar-refractivity contribution in [3.63, 3.8) is 0 Å². The lowest BCUT2D eigenvalue weighted by Crippen LogP contribution is -1.63. The smallest absolute Gasteiger partial charge is 0.134 e. The summed E-state index contributed by atoms with van der Waals surface area (Å²) in [6, 6.07) is 0. The van der Waals surface area contributed by atoms with Crippen molar-refractivity contribution in [3.8, 4) is 0 Å². The highest BCUT2D eigenvalue weighted by atomic mass is 79.9. The molecule has 4 heteroatoms. The van der Waals surface area contributed by atoms with Crippen LogP contribution in [0.4, 0.5) is 0 Å². The van der Waals surface area contributed by atoms with Gasteiger partial charge in [-0.15, -0.1) is 11.6 Å². The first kappa shape index (κ1) is 11.0. The Bertz CT molecular complexity index is 50.0. The quantitative estimate of drug-likeness (QED) is 0.493. The number of carbonyl (C=O) groups excluding carboxylic acids is 2. The highest BCUT2D eigenvalue weighted by Crippen LogP contribution is 1.65. The lowest BCUT2D eigenvalue weighted by Gasteiger charge is -1.49. The number of aldehydes is 2. The molecule has 0 saturated carbocycles. The summed E-state index contributed by atoms with van der Waals surface area (Å²) in [6.45, 7) is 0. The predicted molar refractivity (Wildman–Crippen MR) is 36.6 cm³/mol. The summed E-state index contributed by atoms with van der Waals surface area (Å²) in [5.41, 5.74) is 0. The second-order valence-corrected chi connectivity index (χ2v) is 1.60. The molecule has 0 N–H and O–H groups in total. The standard InChI is InChI=1S/C2H3BrO.C2H3ClO/c2*3-1-2-4/h2*2H,1H2. The van der Waals surface area contributed by atoms with Crippen LogP contribution in [0.1, 0.15) is 0 Å².